The highest BCUT2D eigenvalue weighted by molar-refractivity contribution is 5.93. The highest BCUT2D eigenvalue weighted by Gasteiger charge is 2.22. The number of carbonyl (C=O) groups is 3. The number of aryl methyl sites for hydroxylation is 1. The second-order valence-corrected chi connectivity index (χ2v) is 5.93. The van der Waals surface area contributed by atoms with Crippen LogP contribution in [0.5, 0.6) is 0 Å². The maximum atomic E-state index is 12.4. The normalized spacial score (nSPS) is 14.4. The molecule has 1 aliphatic rings. The van der Waals surface area contributed by atoms with Gasteiger partial charge in [0, 0.05) is 51.8 Å². The van der Waals surface area contributed by atoms with Crippen LogP contribution >= 0.6 is 0 Å². The van der Waals surface area contributed by atoms with Crippen molar-refractivity contribution in [2.75, 3.05) is 37.6 Å². The van der Waals surface area contributed by atoms with Crippen molar-refractivity contribution in [2.24, 2.45) is 0 Å². The number of nitrogens with zero attached hydrogens (tertiary/aromatic N) is 3. The lowest BCUT2D eigenvalue weighted by molar-refractivity contribution is -0.135. The molecule has 0 radical (unpaired) electrons. The Hall–Kier alpha value is -2.37. The second-order valence-electron chi connectivity index (χ2n) is 5.93. The van der Waals surface area contributed by atoms with Crippen molar-refractivity contribution in [3.8, 4) is 0 Å². The summed E-state index contributed by atoms with van der Waals surface area (Å²) in [5, 5.41) is 0. The number of benzene rings is 1. The average Bonchev–Trinajstić information content (AvgIpc) is 2.62. The maximum Gasteiger partial charge on any atom is 0.224 e. The van der Waals surface area contributed by atoms with Crippen LogP contribution in [0.1, 0.15) is 25.8 Å². The van der Waals surface area contributed by atoms with E-state index in [1.165, 1.54) is 6.92 Å². The maximum absolute atomic E-state index is 12.4. The standard InChI is InChI=1S/C18H25N3O3/c1-3-16-6-4-5-7-17(16)21(15(2)23)9-8-18(24)20-12-10-19(14-22)11-13-20/h4-7,14H,3,8-13H2,1-2H3. The van der Waals surface area contributed by atoms with Crippen LogP contribution in [-0.2, 0) is 20.8 Å². The Balaban J connectivity index is 1.98. The number of hydrogen-bond donors (Lipinski definition) is 0. The molecule has 1 saturated heterocycles. The van der Waals surface area contributed by atoms with Crippen LogP contribution in [0, 0.1) is 0 Å². The molecule has 130 valence electrons. The zero-order valence-electron chi connectivity index (χ0n) is 14.4. The fraction of sp³-hybridized carbons (Fsp3) is 0.500. The number of amides is 3. The van der Waals surface area contributed by atoms with E-state index in [9.17, 15) is 14.4 Å². The van der Waals surface area contributed by atoms with Crippen molar-refractivity contribution >= 4 is 23.9 Å². The summed E-state index contributed by atoms with van der Waals surface area (Å²) in [7, 11) is 0. The minimum atomic E-state index is -0.0607. The van der Waals surface area contributed by atoms with Gasteiger partial charge in [-0.3, -0.25) is 14.4 Å². The number of anilines is 1. The van der Waals surface area contributed by atoms with Crippen molar-refractivity contribution in [3.63, 3.8) is 0 Å². The third kappa shape index (κ3) is 4.34. The first-order valence-electron chi connectivity index (χ1n) is 8.40. The summed E-state index contributed by atoms with van der Waals surface area (Å²) in [6.07, 6.45) is 1.95. The molecule has 6 nitrogen and oxygen atoms in total. The molecular formula is C18H25N3O3. The molecule has 0 spiro atoms. The van der Waals surface area contributed by atoms with E-state index in [0.29, 0.717) is 39.1 Å². The van der Waals surface area contributed by atoms with Gasteiger partial charge in [-0.15, -0.1) is 0 Å². The highest BCUT2D eigenvalue weighted by atomic mass is 16.2. The molecule has 0 atom stereocenters. The molecule has 1 aromatic rings. The summed E-state index contributed by atoms with van der Waals surface area (Å²) in [5.41, 5.74) is 1.98. The number of hydrogen-bond acceptors (Lipinski definition) is 3. The molecule has 0 bridgehead atoms. The molecule has 3 amide bonds. The topological polar surface area (TPSA) is 60.9 Å². The van der Waals surface area contributed by atoms with Gasteiger partial charge in [0.15, 0.2) is 0 Å². The Kier molecular flexibility index (Phi) is 6.35. The Labute approximate surface area is 143 Å². The monoisotopic (exact) mass is 331 g/mol. The van der Waals surface area contributed by atoms with Crippen molar-refractivity contribution < 1.29 is 14.4 Å². The smallest absolute Gasteiger partial charge is 0.224 e. The Bertz CT molecular complexity index is 595. The van der Waals surface area contributed by atoms with E-state index in [0.717, 1.165) is 24.1 Å². The number of piperazine rings is 1. The zero-order chi connectivity index (χ0) is 17.5. The first-order valence-corrected chi connectivity index (χ1v) is 8.40. The predicted octanol–water partition coefficient (Wildman–Crippen LogP) is 1.29. The molecule has 2 rings (SSSR count). The van der Waals surface area contributed by atoms with Crippen molar-refractivity contribution in [1.29, 1.82) is 0 Å². The number of para-hydroxylation sites is 1. The molecule has 0 unspecified atom stereocenters. The summed E-state index contributed by atoms with van der Waals surface area (Å²) in [4.78, 5) is 40.3. The first-order chi connectivity index (χ1) is 11.6. The molecule has 0 aliphatic carbocycles. The van der Waals surface area contributed by atoms with Gasteiger partial charge in [-0.1, -0.05) is 25.1 Å². The molecule has 1 aromatic carbocycles. The SMILES string of the molecule is CCc1ccccc1N(CCC(=O)N1CCN(C=O)CC1)C(C)=O. The number of rotatable bonds is 6. The summed E-state index contributed by atoms with van der Waals surface area (Å²) in [5.74, 6) is -0.0322. The second kappa shape index (κ2) is 8.47. The van der Waals surface area contributed by atoms with Crippen LogP contribution in [0.2, 0.25) is 0 Å². The minimum Gasteiger partial charge on any atom is -0.342 e. The summed E-state index contributed by atoms with van der Waals surface area (Å²) < 4.78 is 0. The highest BCUT2D eigenvalue weighted by Crippen LogP contribution is 2.21. The predicted molar refractivity (Wildman–Crippen MR) is 92.7 cm³/mol. The van der Waals surface area contributed by atoms with Crippen LogP contribution in [0.4, 0.5) is 5.69 Å². The molecule has 1 heterocycles. The lowest BCUT2D eigenvalue weighted by Gasteiger charge is -2.33. The third-order valence-corrected chi connectivity index (χ3v) is 4.41. The van der Waals surface area contributed by atoms with E-state index in [-0.39, 0.29) is 11.8 Å². The largest absolute Gasteiger partial charge is 0.342 e. The summed E-state index contributed by atoms with van der Waals surface area (Å²) in [6.45, 7) is 6.22. The van der Waals surface area contributed by atoms with E-state index < -0.39 is 0 Å². The lowest BCUT2D eigenvalue weighted by atomic mass is 10.1. The van der Waals surface area contributed by atoms with Crippen molar-refractivity contribution in [2.45, 2.75) is 26.7 Å². The quantitative estimate of drug-likeness (QED) is 0.738. The number of carbonyl (C=O) groups excluding carboxylic acids is 3. The fourth-order valence-electron chi connectivity index (χ4n) is 2.96. The van der Waals surface area contributed by atoms with Crippen molar-refractivity contribution in [1.82, 2.24) is 9.80 Å². The van der Waals surface area contributed by atoms with Crippen LogP contribution in [-0.4, -0.2) is 60.7 Å². The lowest BCUT2D eigenvalue weighted by Crippen LogP contribution is -2.48. The van der Waals surface area contributed by atoms with Gasteiger partial charge in [-0.2, -0.15) is 0 Å². The fourth-order valence-corrected chi connectivity index (χ4v) is 2.96. The van der Waals surface area contributed by atoms with E-state index in [4.69, 9.17) is 0 Å². The van der Waals surface area contributed by atoms with Crippen LogP contribution in [0.25, 0.3) is 0 Å². The van der Waals surface area contributed by atoms with Crippen LogP contribution in [0.3, 0.4) is 0 Å². The Morgan fingerprint density at radius 3 is 2.42 bits per heavy atom. The molecular weight excluding hydrogens is 306 g/mol. The van der Waals surface area contributed by atoms with Gasteiger partial charge in [-0.25, -0.2) is 0 Å². The molecule has 1 fully saturated rings. The molecule has 6 heteroatoms. The van der Waals surface area contributed by atoms with E-state index in [1.54, 1.807) is 14.7 Å². The van der Waals surface area contributed by atoms with E-state index >= 15 is 0 Å². The minimum absolute atomic E-state index is 0.0285. The van der Waals surface area contributed by atoms with E-state index in [1.807, 2.05) is 24.3 Å². The average molecular weight is 331 g/mol. The molecule has 0 N–H and O–H groups in total. The van der Waals surface area contributed by atoms with Crippen LogP contribution < -0.4 is 4.90 Å². The molecule has 0 saturated carbocycles. The van der Waals surface area contributed by atoms with Gasteiger partial charge < -0.3 is 14.7 Å². The Morgan fingerprint density at radius 2 is 1.83 bits per heavy atom. The summed E-state index contributed by atoms with van der Waals surface area (Å²) >= 11 is 0. The van der Waals surface area contributed by atoms with Gasteiger partial charge in [0.25, 0.3) is 0 Å². The Morgan fingerprint density at radius 1 is 1.17 bits per heavy atom. The van der Waals surface area contributed by atoms with Crippen LogP contribution in [0.15, 0.2) is 24.3 Å². The van der Waals surface area contributed by atoms with Gasteiger partial charge in [0.1, 0.15) is 0 Å². The third-order valence-electron chi connectivity index (χ3n) is 4.41. The molecule has 24 heavy (non-hydrogen) atoms. The van der Waals surface area contributed by atoms with Gasteiger partial charge in [-0.05, 0) is 18.1 Å². The first kappa shape index (κ1) is 18.0. The van der Waals surface area contributed by atoms with Gasteiger partial charge in [0.2, 0.25) is 18.2 Å². The molecule has 1 aliphatic heterocycles. The van der Waals surface area contributed by atoms with Crippen molar-refractivity contribution in [3.05, 3.63) is 29.8 Å². The summed E-state index contributed by atoms with van der Waals surface area (Å²) in [6, 6.07) is 7.79. The van der Waals surface area contributed by atoms with Gasteiger partial charge >= 0.3 is 0 Å². The zero-order valence-corrected chi connectivity index (χ0v) is 14.4. The van der Waals surface area contributed by atoms with E-state index in [2.05, 4.69) is 6.92 Å². The molecule has 0 aromatic heterocycles. The van der Waals surface area contributed by atoms with Gasteiger partial charge in [0.05, 0.1) is 0 Å².